The molecule has 1 saturated heterocycles. The van der Waals surface area contributed by atoms with E-state index in [2.05, 4.69) is 20.6 Å². The molecule has 7 nitrogen and oxygen atoms in total. The summed E-state index contributed by atoms with van der Waals surface area (Å²) in [5.41, 5.74) is 0.231. The summed E-state index contributed by atoms with van der Waals surface area (Å²) in [5.74, 6) is 0.147. The van der Waals surface area contributed by atoms with E-state index in [-0.39, 0.29) is 41.7 Å². The first-order valence-electron chi connectivity index (χ1n) is 5.70. The third-order valence-electron chi connectivity index (χ3n) is 2.79. The lowest BCUT2D eigenvalue weighted by Crippen LogP contribution is -2.36. The van der Waals surface area contributed by atoms with Crippen LogP contribution in [0.25, 0.3) is 0 Å². The van der Waals surface area contributed by atoms with E-state index in [1.54, 1.807) is 0 Å². The van der Waals surface area contributed by atoms with Gasteiger partial charge < -0.3 is 20.1 Å². The van der Waals surface area contributed by atoms with Crippen LogP contribution in [0, 0.1) is 0 Å². The molecule has 2 rings (SSSR count). The van der Waals surface area contributed by atoms with E-state index >= 15 is 0 Å². The summed E-state index contributed by atoms with van der Waals surface area (Å²) in [6.07, 6.45) is 2.20. The maximum absolute atomic E-state index is 12.2. The minimum Gasteiger partial charge on any atom is -0.480 e. The summed E-state index contributed by atoms with van der Waals surface area (Å²) in [6.45, 7) is 1.68. The highest BCUT2D eigenvalue weighted by Gasteiger charge is 2.24. The summed E-state index contributed by atoms with van der Waals surface area (Å²) in [6, 6.07) is 0.118. The molecule has 0 radical (unpaired) electrons. The highest BCUT2D eigenvalue weighted by Crippen LogP contribution is 2.23. The van der Waals surface area contributed by atoms with Gasteiger partial charge in [-0.05, 0) is 13.0 Å². The molecule has 0 aromatic carbocycles. The molecule has 1 aromatic heterocycles. The van der Waals surface area contributed by atoms with Crippen LogP contribution < -0.4 is 20.1 Å². The van der Waals surface area contributed by atoms with Gasteiger partial charge in [-0.3, -0.25) is 4.79 Å². The van der Waals surface area contributed by atoms with Crippen LogP contribution in [0.3, 0.4) is 0 Å². The number of rotatable bonds is 4. The molecule has 1 atom stereocenters. The Bertz CT molecular complexity index is 416. The monoisotopic (exact) mass is 288 g/mol. The zero-order valence-electron chi connectivity index (χ0n) is 10.8. The van der Waals surface area contributed by atoms with Crippen molar-refractivity contribution in [3.05, 3.63) is 11.9 Å². The zero-order chi connectivity index (χ0) is 13.0. The summed E-state index contributed by atoms with van der Waals surface area (Å²) < 4.78 is 10.1. The number of methoxy groups -OCH3 is 2. The number of nitrogens with zero attached hydrogens (tertiary/aromatic N) is 2. The first-order valence-corrected chi connectivity index (χ1v) is 5.70. The van der Waals surface area contributed by atoms with Crippen molar-refractivity contribution in [1.29, 1.82) is 0 Å². The highest BCUT2D eigenvalue weighted by atomic mass is 35.5. The molecule has 106 valence electrons. The van der Waals surface area contributed by atoms with Crippen LogP contribution in [0.5, 0.6) is 11.8 Å². The predicted molar refractivity (Wildman–Crippen MR) is 71.1 cm³/mol. The van der Waals surface area contributed by atoms with Crippen molar-refractivity contribution in [2.45, 2.75) is 12.5 Å². The smallest absolute Gasteiger partial charge is 0.262 e. The summed E-state index contributed by atoms with van der Waals surface area (Å²) in [4.78, 5) is 20.0. The van der Waals surface area contributed by atoms with Gasteiger partial charge in [-0.15, -0.1) is 12.4 Å². The highest BCUT2D eigenvalue weighted by molar-refractivity contribution is 5.98. The van der Waals surface area contributed by atoms with E-state index in [4.69, 9.17) is 9.47 Å². The maximum Gasteiger partial charge on any atom is 0.262 e. The van der Waals surface area contributed by atoms with Crippen LogP contribution in [0.1, 0.15) is 16.8 Å². The number of nitrogens with one attached hydrogen (secondary N) is 2. The maximum atomic E-state index is 12.2. The van der Waals surface area contributed by atoms with Crippen LogP contribution in [-0.4, -0.2) is 49.2 Å². The van der Waals surface area contributed by atoms with Crippen molar-refractivity contribution < 1.29 is 14.3 Å². The lowest BCUT2D eigenvalue weighted by atomic mass is 10.2. The Morgan fingerprint density at radius 2 is 2.00 bits per heavy atom. The van der Waals surface area contributed by atoms with Crippen LogP contribution in [0.2, 0.25) is 0 Å². The van der Waals surface area contributed by atoms with E-state index in [0.29, 0.717) is 0 Å². The molecule has 1 aromatic rings. The topological polar surface area (TPSA) is 85.4 Å². The molecule has 0 saturated carbocycles. The van der Waals surface area contributed by atoms with Gasteiger partial charge in [-0.1, -0.05) is 0 Å². The average Bonchev–Trinajstić information content (AvgIpc) is 2.90. The van der Waals surface area contributed by atoms with E-state index < -0.39 is 0 Å². The van der Waals surface area contributed by atoms with E-state index in [1.165, 1.54) is 20.5 Å². The van der Waals surface area contributed by atoms with E-state index in [0.717, 1.165) is 19.5 Å². The SMILES string of the molecule is COc1ncnc(OC)c1C(=O)NC1CCNC1.Cl. The van der Waals surface area contributed by atoms with Crippen LogP contribution in [-0.2, 0) is 0 Å². The fraction of sp³-hybridized carbons (Fsp3) is 0.545. The first-order chi connectivity index (χ1) is 8.76. The van der Waals surface area contributed by atoms with Crippen LogP contribution in [0.4, 0.5) is 0 Å². The number of halogens is 1. The Kier molecular flexibility index (Phi) is 5.78. The molecular weight excluding hydrogens is 272 g/mol. The summed E-state index contributed by atoms with van der Waals surface area (Å²) in [5, 5.41) is 6.08. The van der Waals surface area contributed by atoms with Crippen LogP contribution in [0.15, 0.2) is 6.33 Å². The quantitative estimate of drug-likeness (QED) is 0.812. The van der Waals surface area contributed by atoms with Crippen molar-refractivity contribution in [3.63, 3.8) is 0 Å². The second-order valence-corrected chi connectivity index (χ2v) is 3.93. The van der Waals surface area contributed by atoms with Gasteiger partial charge in [-0.25, -0.2) is 9.97 Å². The van der Waals surface area contributed by atoms with Gasteiger partial charge in [-0.2, -0.15) is 0 Å². The average molecular weight is 289 g/mol. The molecule has 1 fully saturated rings. The molecule has 0 bridgehead atoms. The molecule has 0 aliphatic carbocycles. The van der Waals surface area contributed by atoms with Gasteiger partial charge in [0.15, 0.2) is 5.56 Å². The normalized spacial score (nSPS) is 17.5. The largest absolute Gasteiger partial charge is 0.480 e. The number of aromatic nitrogens is 2. The van der Waals surface area contributed by atoms with Crippen LogP contribution >= 0.6 is 12.4 Å². The fourth-order valence-corrected chi connectivity index (χ4v) is 1.89. The number of ether oxygens (including phenoxy) is 2. The number of carbonyl (C=O) groups is 1. The lowest BCUT2D eigenvalue weighted by molar-refractivity contribution is 0.0932. The molecule has 19 heavy (non-hydrogen) atoms. The Morgan fingerprint density at radius 1 is 1.37 bits per heavy atom. The van der Waals surface area contributed by atoms with Gasteiger partial charge in [0.05, 0.1) is 14.2 Å². The van der Waals surface area contributed by atoms with E-state index in [9.17, 15) is 4.79 Å². The van der Waals surface area contributed by atoms with Crippen molar-refractivity contribution in [1.82, 2.24) is 20.6 Å². The lowest BCUT2D eigenvalue weighted by Gasteiger charge is -2.14. The molecular formula is C11H17ClN4O3. The van der Waals surface area contributed by atoms with Gasteiger partial charge in [0.1, 0.15) is 6.33 Å². The molecule has 1 amide bonds. The van der Waals surface area contributed by atoms with Crippen molar-refractivity contribution in [2.75, 3.05) is 27.3 Å². The summed E-state index contributed by atoms with van der Waals surface area (Å²) >= 11 is 0. The fourth-order valence-electron chi connectivity index (χ4n) is 1.89. The van der Waals surface area contributed by atoms with Crippen molar-refractivity contribution in [2.24, 2.45) is 0 Å². The van der Waals surface area contributed by atoms with Gasteiger partial charge in [0, 0.05) is 12.6 Å². The Labute approximate surface area is 117 Å². The zero-order valence-corrected chi connectivity index (χ0v) is 11.6. The molecule has 2 heterocycles. The Hall–Kier alpha value is -1.60. The standard InChI is InChI=1S/C11H16N4O3.ClH/c1-17-10-8(11(18-2)14-6-13-10)9(16)15-7-3-4-12-5-7;/h6-7,12H,3-5H2,1-2H3,(H,15,16);1H. The van der Waals surface area contributed by atoms with E-state index in [1.807, 2.05) is 0 Å². The number of hydrogen-bond acceptors (Lipinski definition) is 6. The Morgan fingerprint density at radius 3 is 2.47 bits per heavy atom. The number of amides is 1. The third kappa shape index (κ3) is 3.45. The molecule has 8 heteroatoms. The second kappa shape index (κ2) is 7.10. The Balaban J connectivity index is 0.00000180. The first kappa shape index (κ1) is 15.5. The minimum atomic E-state index is -0.280. The van der Waals surface area contributed by atoms with Gasteiger partial charge >= 0.3 is 0 Å². The van der Waals surface area contributed by atoms with Crippen molar-refractivity contribution >= 4 is 18.3 Å². The molecule has 2 N–H and O–H groups in total. The number of carbonyl (C=O) groups excluding carboxylic acids is 1. The summed E-state index contributed by atoms with van der Waals surface area (Å²) in [7, 11) is 2.91. The third-order valence-corrected chi connectivity index (χ3v) is 2.79. The number of hydrogen-bond donors (Lipinski definition) is 2. The molecule has 1 unspecified atom stereocenters. The van der Waals surface area contributed by atoms with Crippen molar-refractivity contribution in [3.8, 4) is 11.8 Å². The minimum absolute atomic E-state index is 0. The molecule has 1 aliphatic rings. The van der Waals surface area contributed by atoms with Gasteiger partial charge in [0.2, 0.25) is 11.8 Å². The van der Waals surface area contributed by atoms with Gasteiger partial charge in [0.25, 0.3) is 5.91 Å². The molecule has 0 spiro atoms. The second-order valence-electron chi connectivity index (χ2n) is 3.93. The molecule has 1 aliphatic heterocycles. The predicted octanol–water partition coefficient (Wildman–Crippen LogP) is 0.00730.